The summed E-state index contributed by atoms with van der Waals surface area (Å²) in [4.78, 5) is 25.1. The fourth-order valence-corrected chi connectivity index (χ4v) is 2.47. The van der Waals surface area contributed by atoms with E-state index in [1.807, 2.05) is 7.05 Å². The van der Waals surface area contributed by atoms with Crippen LogP contribution < -0.4 is 16.4 Å². The van der Waals surface area contributed by atoms with Gasteiger partial charge >= 0.3 is 6.09 Å². The lowest BCUT2D eigenvalue weighted by molar-refractivity contribution is 0.0912. The van der Waals surface area contributed by atoms with Gasteiger partial charge in [0, 0.05) is 18.2 Å². The number of nitrogens with zero attached hydrogens (tertiary/aromatic N) is 1. The molecule has 0 radical (unpaired) electrons. The summed E-state index contributed by atoms with van der Waals surface area (Å²) in [5.41, 5.74) is 6.57. The number of carbonyl (C=O) groups excluding carboxylic acids is 1. The van der Waals surface area contributed by atoms with Crippen molar-refractivity contribution in [3.8, 4) is 0 Å². The van der Waals surface area contributed by atoms with Gasteiger partial charge < -0.3 is 21.1 Å². The standard InChI is InChI=1S/C14H20N4O3/c1-18-6-2-3-10(8-18)16-13(19)9-4-5-11(15)12(7-9)17-14(20)21/h4-5,7,10,17H,2-3,6,8,15H2,1H3,(H,16,19)(H,20,21). The van der Waals surface area contributed by atoms with Gasteiger partial charge in [-0.1, -0.05) is 0 Å². The Balaban J connectivity index is 2.06. The Labute approximate surface area is 123 Å². The van der Waals surface area contributed by atoms with Crippen LogP contribution in [0, 0.1) is 0 Å². The lowest BCUT2D eigenvalue weighted by Crippen LogP contribution is -2.46. The summed E-state index contributed by atoms with van der Waals surface area (Å²) in [6.07, 6.45) is 0.786. The van der Waals surface area contributed by atoms with Crippen LogP contribution in [0.25, 0.3) is 0 Å². The number of nitrogens with one attached hydrogen (secondary N) is 2. The predicted octanol–water partition coefficient (Wildman–Crippen LogP) is 1.18. The van der Waals surface area contributed by atoms with Gasteiger partial charge in [0.1, 0.15) is 0 Å². The number of hydrogen-bond acceptors (Lipinski definition) is 4. The first-order chi connectivity index (χ1) is 9.95. The average Bonchev–Trinajstić information content (AvgIpc) is 2.40. The fraction of sp³-hybridized carbons (Fsp3) is 0.429. The molecule has 2 rings (SSSR count). The monoisotopic (exact) mass is 292 g/mol. The number of carbonyl (C=O) groups is 2. The molecule has 0 aromatic heterocycles. The van der Waals surface area contributed by atoms with Gasteiger partial charge in [-0.05, 0) is 44.6 Å². The molecule has 1 fully saturated rings. The van der Waals surface area contributed by atoms with Crippen LogP contribution >= 0.6 is 0 Å². The number of nitrogen functional groups attached to an aromatic ring is 1. The van der Waals surface area contributed by atoms with E-state index in [0.29, 0.717) is 5.56 Å². The van der Waals surface area contributed by atoms with Crippen molar-refractivity contribution >= 4 is 23.4 Å². The van der Waals surface area contributed by atoms with Gasteiger partial charge in [0.2, 0.25) is 0 Å². The molecule has 1 atom stereocenters. The van der Waals surface area contributed by atoms with Gasteiger partial charge in [-0.2, -0.15) is 0 Å². The zero-order chi connectivity index (χ0) is 15.4. The topological polar surface area (TPSA) is 108 Å². The zero-order valence-electron chi connectivity index (χ0n) is 11.9. The third-order valence-corrected chi connectivity index (χ3v) is 3.52. The van der Waals surface area contributed by atoms with E-state index in [1.165, 1.54) is 12.1 Å². The van der Waals surface area contributed by atoms with Crippen LogP contribution in [0.4, 0.5) is 16.2 Å². The molecule has 0 aliphatic carbocycles. The molecule has 1 unspecified atom stereocenters. The Kier molecular flexibility index (Phi) is 4.64. The van der Waals surface area contributed by atoms with E-state index in [4.69, 9.17) is 10.8 Å². The summed E-state index contributed by atoms with van der Waals surface area (Å²) in [6, 6.07) is 4.67. The number of piperidine rings is 1. The third kappa shape index (κ3) is 4.09. The van der Waals surface area contributed by atoms with Crippen LogP contribution in [0.5, 0.6) is 0 Å². The quantitative estimate of drug-likeness (QED) is 0.626. The third-order valence-electron chi connectivity index (χ3n) is 3.52. The van der Waals surface area contributed by atoms with Crippen molar-refractivity contribution in [2.45, 2.75) is 18.9 Å². The molecule has 2 amide bonds. The Hall–Kier alpha value is -2.28. The molecule has 114 valence electrons. The second-order valence-electron chi connectivity index (χ2n) is 5.31. The average molecular weight is 292 g/mol. The van der Waals surface area contributed by atoms with Gasteiger partial charge in [0.25, 0.3) is 5.91 Å². The Morgan fingerprint density at radius 2 is 2.19 bits per heavy atom. The maximum absolute atomic E-state index is 12.2. The summed E-state index contributed by atoms with van der Waals surface area (Å²) in [6.45, 7) is 1.86. The molecule has 1 aromatic rings. The Bertz CT molecular complexity index is 547. The smallest absolute Gasteiger partial charge is 0.409 e. The predicted molar refractivity (Wildman–Crippen MR) is 80.5 cm³/mol. The summed E-state index contributed by atoms with van der Waals surface area (Å²) in [5, 5.41) is 13.9. The summed E-state index contributed by atoms with van der Waals surface area (Å²) in [7, 11) is 2.02. The first kappa shape index (κ1) is 15.1. The number of likely N-dealkylation sites (tertiary alicyclic amines) is 1. The minimum atomic E-state index is -1.21. The van der Waals surface area contributed by atoms with Gasteiger partial charge in [-0.15, -0.1) is 0 Å². The molecule has 1 saturated heterocycles. The van der Waals surface area contributed by atoms with Crippen molar-refractivity contribution in [3.63, 3.8) is 0 Å². The largest absolute Gasteiger partial charge is 0.465 e. The molecular formula is C14H20N4O3. The minimum Gasteiger partial charge on any atom is -0.465 e. The van der Waals surface area contributed by atoms with E-state index in [-0.39, 0.29) is 23.3 Å². The van der Waals surface area contributed by atoms with Crippen LogP contribution in [0.1, 0.15) is 23.2 Å². The van der Waals surface area contributed by atoms with Crippen molar-refractivity contribution < 1.29 is 14.7 Å². The fourth-order valence-electron chi connectivity index (χ4n) is 2.47. The summed E-state index contributed by atoms with van der Waals surface area (Å²) < 4.78 is 0. The van der Waals surface area contributed by atoms with Gasteiger partial charge in [-0.3, -0.25) is 10.1 Å². The molecular weight excluding hydrogens is 272 g/mol. The first-order valence-corrected chi connectivity index (χ1v) is 6.84. The van der Waals surface area contributed by atoms with E-state index in [0.717, 1.165) is 25.9 Å². The number of nitrogens with two attached hydrogens (primary N) is 1. The van der Waals surface area contributed by atoms with Crippen LogP contribution in [-0.4, -0.2) is 48.2 Å². The molecule has 0 saturated carbocycles. The summed E-state index contributed by atoms with van der Waals surface area (Å²) in [5.74, 6) is -0.219. The number of carboxylic acid groups (broad SMARTS) is 1. The number of anilines is 2. The van der Waals surface area contributed by atoms with Crippen molar-refractivity contribution in [2.24, 2.45) is 0 Å². The zero-order valence-corrected chi connectivity index (χ0v) is 11.9. The highest BCUT2D eigenvalue weighted by molar-refractivity contribution is 5.98. The van der Waals surface area contributed by atoms with E-state index in [1.54, 1.807) is 6.07 Å². The number of benzene rings is 1. The number of likely N-dealkylation sites (N-methyl/N-ethyl adjacent to an activating group) is 1. The van der Waals surface area contributed by atoms with E-state index >= 15 is 0 Å². The van der Waals surface area contributed by atoms with Crippen LogP contribution in [-0.2, 0) is 0 Å². The van der Waals surface area contributed by atoms with Crippen molar-refractivity contribution in [2.75, 3.05) is 31.2 Å². The highest BCUT2D eigenvalue weighted by Crippen LogP contribution is 2.20. The Morgan fingerprint density at radius 3 is 2.86 bits per heavy atom. The molecule has 1 aliphatic rings. The molecule has 0 spiro atoms. The van der Waals surface area contributed by atoms with E-state index < -0.39 is 6.09 Å². The van der Waals surface area contributed by atoms with Crippen molar-refractivity contribution in [1.82, 2.24) is 10.2 Å². The van der Waals surface area contributed by atoms with Crippen molar-refractivity contribution in [1.29, 1.82) is 0 Å². The summed E-state index contributed by atoms with van der Waals surface area (Å²) >= 11 is 0. The van der Waals surface area contributed by atoms with Crippen molar-refractivity contribution in [3.05, 3.63) is 23.8 Å². The van der Waals surface area contributed by atoms with Crippen LogP contribution in [0.3, 0.4) is 0 Å². The first-order valence-electron chi connectivity index (χ1n) is 6.84. The van der Waals surface area contributed by atoms with Gasteiger partial charge in [-0.25, -0.2) is 4.79 Å². The second kappa shape index (κ2) is 6.45. The van der Waals surface area contributed by atoms with Crippen LogP contribution in [0.2, 0.25) is 0 Å². The lowest BCUT2D eigenvalue weighted by Gasteiger charge is -2.30. The number of amides is 2. The lowest BCUT2D eigenvalue weighted by atomic mass is 10.1. The number of rotatable bonds is 3. The molecule has 7 heteroatoms. The normalized spacial score (nSPS) is 19.0. The molecule has 7 nitrogen and oxygen atoms in total. The Morgan fingerprint density at radius 1 is 1.43 bits per heavy atom. The molecule has 1 aliphatic heterocycles. The highest BCUT2D eigenvalue weighted by Gasteiger charge is 2.20. The maximum Gasteiger partial charge on any atom is 0.409 e. The molecule has 1 aromatic carbocycles. The molecule has 1 heterocycles. The SMILES string of the molecule is CN1CCCC(NC(=O)c2ccc(N)c(NC(=O)O)c2)C1. The van der Waals surface area contributed by atoms with E-state index in [9.17, 15) is 9.59 Å². The van der Waals surface area contributed by atoms with Gasteiger partial charge in [0.15, 0.2) is 0 Å². The molecule has 21 heavy (non-hydrogen) atoms. The maximum atomic E-state index is 12.2. The number of hydrogen-bond donors (Lipinski definition) is 4. The second-order valence-corrected chi connectivity index (χ2v) is 5.31. The minimum absolute atomic E-state index is 0.115. The highest BCUT2D eigenvalue weighted by atomic mass is 16.4. The van der Waals surface area contributed by atoms with Gasteiger partial charge in [0.05, 0.1) is 11.4 Å². The van der Waals surface area contributed by atoms with E-state index in [2.05, 4.69) is 15.5 Å². The van der Waals surface area contributed by atoms with Crippen LogP contribution in [0.15, 0.2) is 18.2 Å². The molecule has 5 N–H and O–H groups in total. The molecule has 0 bridgehead atoms.